The van der Waals surface area contributed by atoms with Crippen LogP contribution in [0.5, 0.6) is 0 Å². The fraction of sp³-hybridized carbons (Fsp3) is 0.538. The first-order valence-electron chi connectivity index (χ1n) is 5.97. The van der Waals surface area contributed by atoms with Gasteiger partial charge in [0.25, 0.3) is 0 Å². The highest BCUT2D eigenvalue weighted by atomic mass is 35.5. The highest BCUT2D eigenvalue weighted by Gasteiger charge is 2.12. The molecule has 1 fully saturated rings. The maximum absolute atomic E-state index is 6.08. The number of rotatable bonds is 3. The van der Waals surface area contributed by atoms with E-state index in [2.05, 4.69) is 23.6 Å². The fourth-order valence-corrected chi connectivity index (χ4v) is 2.33. The van der Waals surface area contributed by atoms with Crippen molar-refractivity contribution in [2.24, 2.45) is 5.92 Å². The van der Waals surface area contributed by atoms with Crippen molar-refractivity contribution in [3.8, 4) is 0 Å². The summed E-state index contributed by atoms with van der Waals surface area (Å²) in [5, 5.41) is 7.77. The van der Waals surface area contributed by atoms with Gasteiger partial charge in [0.15, 0.2) is 0 Å². The third-order valence-corrected chi connectivity index (χ3v) is 3.66. The molecule has 1 aromatic carbocycles. The van der Waals surface area contributed by atoms with Crippen LogP contribution in [0, 0.1) is 12.8 Å². The van der Waals surface area contributed by atoms with Crippen molar-refractivity contribution in [1.82, 2.24) is 5.32 Å². The summed E-state index contributed by atoms with van der Waals surface area (Å²) < 4.78 is 0. The standard InChI is InChI=1S/C13H19ClN2/c1-10-12(14)5-2-6-13(10)16-9-11-4-3-7-15-8-11/h2,5-6,11,15-16H,3-4,7-9H2,1H3. The molecule has 16 heavy (non-hydrogen) atoms. The van der Waals surface area contributed by atoms with Crippen LogP contribution in [0.1, 0.15) is 18.4 Å². The minimum Gasteiger partial charge on any atom is -0.384 e. The molecule has 0 saturated carbocycles. The second kappa shape index (κ2) is 5.55. The highest BCUT2D eigenvalue weighted by Crippen LogP contribution is 2.23. The number of benzene rings is 1. The first-order valence-corrected chi connectivity index (χ1v) is 6.35. The van der Waals surface area contributed by atoms with Gasteiger partial charge in [-0.1, -0.05) is 17.7 Å². The predicted octanol–water partition coefficient (Wildman–Crippen LogP) is 3.06. The zero-order chi connectivity index (χ0) is 11.4. The quantitative estimate of drug-likeness (QED) is 0.846. The Kier molecular flexibility index (Phi) is 4.08. The molecule has 0 spiro atoms. The molecule has 0 aliphatic carbocycles. The van der Waals surface area contributed by atoms with E-state index < -0.39 is 0 Å². The Morgan fingerprint density at radius 3 is 3.12 bits per heavy atom. The minimum absolute atomic E-state index is 0.743. The molecule has 1 atom stereocenters. The van der Waals surface area contributed by atoms with Crippen LogP contribution >= 0.6 is 11.6 Å². The van der Waals surface area contributed by atoms with Crippen LogP contribution in [-0.2, 0) is 0 Å². The summed E-state index contributed by atoms with van der Waals surface area (Å²) in [4.78, 5) is 0. The normalized spacial score (nSPS) is 20.8. The molecule has 2 N–H and O–H groups in total. The van der Waals surface area contributed by atoms with E-state index in [1.807, 2.05) is 12.1 Å². The number of nitrogens with one attached hydrogen (secondary N) is 2. The summed E-state index contributed by atoms with van der Waals surface area (Å²) >= 11 is 6.08. The van der Waals surface area contributed by atoms with Crippen molar-refractivity contribution in [1.29, 1.82) is 0 Å². The summed E-state index contributed by atoms with van der Waals surface area (Å²) in [7, 11) is 0. The molecule has 3 heteroatoms. The van der Waals surface area contributed by atoms with Gasteiger partial charge in [0.1, 0.15) is 0 Å². The molecule has 1 unspecified atom stereocenters. The van der Waals surface area contributed by atoms with Crippen LogP contribution in [0.15, 0.2) is 18.2 Å². The van der Waals surface area contributed by atoms with Crippen LogP contribution in [0.4, 0.5) is 5.69 Å². The Hall–Kier alpha value is -0.730. The number of hydrogen-bond acceptors (Lipinski definition) is 2. The zero-order valence-corrected chi connectivity index (χ0v) is 10.5. The monoisotopic (exact) mass is 238 g/mol. The predicted molar refractivity (Wildman–Crippen MR) is 70.3 cm³/mol. The van der Waals surface area contributed by atoms with Gasteiger partial charge >= 0.3 is 0 Å². The Bertz CT molecular complexity index is 346. The smallest absolute Gasteiger partial charge is 0.0455 e. The van der Waals surface area contributed by atoms with Crippen LogP contribution in [0.3, 0.4) is 0 Å². The van der Waals surface area contributed by atoms with Gasteiger partial charge in [-0.2, -0.15) is 0 Å². The van der Waals surface area contributed by atoms with Crippen molar-refractivity contribution in [3.63, 3.8) is 0 Å². The topological polar surface area (TPSA) is 24.1 Å². The molecule has 1 aliphatic heterocycles. The second-order valence-electron chi connectivity index (χ2n) is 4.51. The van der Waals surface area contributed by atoms with E-state index in [4.69, 9.17) is 11.6 Å². The Morgan fingerprint density at radius 1 is 1.50 bits per heavy atom. The van der Waals surface area contributed by atoms with E-state index >= 15 is 0 Å². The number of anilines is 1. The summed E-state index contributed by atoms with van der Waals surface area (Å²) in [5.41, 5.74) is 2.31. The molecule has 0 amide bonds. The first-order chi connectivity index (χ1) is 7.77. The molecule has 88 valence electrons. The molecular weight excluding hydrogens is 220 g/mol. The Morgan fingerprint density at radius 2 is 2.38 bits per heavy atom. The summed E-state index contributed by atoms with van der Waals surface area (Å²) in [6.45, 7) is 5.40. The van der Waals surface area contributed by atoms with E-state index in [1.54, 1.807) is 0 Å². The molecule has 0 bridgehead atoms. The zero-order valence-electron chi connectivity index (χ0n) is 9.72. The maximum Gasteiger partial charge on any atom is 0.0455 e. The number of piperidine rings is 1. The third-order valence-electron chi connectivity index (χ3n) is 3.25. The molecule has 0 aromatic heterocycles. The molecule has 1 aliphatic rings. The summed E-state index contributed by atoms with van der Waals surface area (Å²) in [5.74, 6) is 0.743. The molecule has 2 nitrogen and oxygen atoms in total. The lowest BCUT2D eigenvalue weighted by Crippen LogP contribution is -2.33. The van der Waals surface area contributed by atoms with Gasteiger partial charge in [-0.3, -0.25) is 0 Å². The molecular formula is C13H19ClN2. The van der Waals surface area contributed by atoms with Crippen LogP contribution in [0.25, 0.3) is 0 Å². The van der Waals surface area contributed by atoms with Gasteiger partial charge in [0.2, 0.25) is 0 Å². The third kappa shape index (κ3) is 2.89. The molecule has 1 saturated heterocycles. The van der Waals surface area contributed by atoms with Crippen molar-refractivity contribution in [3.05, 3.63) is 28.8 Å². The second-order valence-corrected chi connectivity index (χ2v) is 4.91. The van der Waals surface area contributed by atoms with E-state index in [9.17, 15) is 0 Å². The van der Waals surface area contributed by atoms with Crippen molar-refractivity contribution in [2.45, 2.75) is 19.8 Å². The van der Waals surface area contributed by atoms with Gasteiger partial charge < -0.3 is 10.6 Å². The van der Waals surface area contributed by atoms with Gasteiger partial charge in [-0.25, -0.2) is 0 Å². The van der Waals surface area contributed by atoms with Gasteiger partial charge in [-0.05, 0) is 56.5 Å². The van der Waals surface area contributed by atoms with Gasteiger partial charge in [0.05, 0.1) is 0 Å². The van der Waals surface area contributed by atoms with Crippen molar-refractivity contribution < 1.29 is 0 Å². The lowest BCUT2D eigenvalue weighted by atomic mass is 9.99. The highest BCUT2D eigenvalue weighted by molar-refractivity contribution is 6.31. The molecule has 1 heterocycles. The summed E-state index contributed by atoms with van der Waals surface area (Å²) in [6.07, 6.45) is 2.61. The largest absolute Gasteiger partial charge is 0.384 e. The van der Waals surface area contributed by atoms with Crippen LogP contribution in [0.2, 0.25) is 5.02 Å². The molecule has 1 aromatic rings. The Labute approximate surface area is 102 Å². The Balaban J connectivity index is 1.91. The van der Waals surface area contributed by atoms with Crippen molar-refractivity contribution in [2.75, 3.05) is 25.0 Å². The van der Waals surface area contributed by atoms with E-state index in [0.29, 0.717) is 0 Å². The lowest BCUT2D eigenvalue weighted by Gasteiger charge is -2.23. The molecule has 2 rings (SSSR count). The van der Waals surface area contributed by atoms with Crippen molar-refractivity contribution >= 4 is 17.3 Å². The minimum atomic E-state index is 0.743. The number of hydrogen-bond donors (Lipinski definition) is 2. The van der Waals surface area contributed by atoms with Crippen LogP contribution < -0.4 is 10.6 Å². The maximum atomic E-state index is 6.08. The lowest BCUT2D eigenvalue weighted by molar-refractivity contribution is 0.393. The summed E-state index contributed by atoms with van der Waals surface area (Å²) in [6, 6.07) is 6.03. The van der Waals surface area contributed by atoms with E-state index in [1.165, 1.54) is 19.4 Å². The van der Waals surface area contributed by atoms with Crippen LogP contribution in [-0.4, -0.2) is 19.6 Å². The van der Waals surface area contributed by atoms with Gasteiger partial charge in [-0.15, -0.1) is 0 Å². The van der Waals surface area contributed by atoms with E-state index in [-0.39, 0.29) is 0 Å². The SMILES string of the molecule is Cc1c(Cl)cccc1NCC1CCCNC1. The fourth-order valence-electron chi connectivity index (χ4n) is 2.15. The average Bonchev–Trinajstić information content (AvgIpc) is 2.32. The first kappa shape index (κ1) is 11.7. The number of halogens is 1. The molecule has 0 radical (unpaired) electrons. The van der Waals surface area contributed by atoms with Gasteiger partial charge in [0, 0.05) is 17.3 Å². The average molecular weight is 239 g/mol. The van der Waals surface area contributed by atoms with E-state index in [0.717, 1.165) is 35.3 Å².